The van der Waals surface area contributed by atoms with Crippen LogP contribution in [0.2, 0.25) is 5.02 Å². The highest BCUT2D eigenvalue weighted by atomic mass is 79.9. The summed E-state index contributed by atoms with van der Waals surface area (Å²) in [6, 6.07) is 9.33. The van der Waals surface area contributed by atoms with Gasteiger partial charge in [0, 0.05) is 41.4 Å². The molecule has 0 saturated heterocycles. The average molecular weight is 408 g/mol. The largest absolute Gasteiger partial charge is 0.496 e. The number of anilines is 2. The molecule has 0 aliphatic carbocycles. The second-order valence-corrected chi connectivity index (χ2v) is 6.91. The molecule has 0 fully saturated rings. The third-order valence-corrected chi connectivity index (χ3v) is 5.05. The van der Waals surface area contributed by atoms with Crippen LogP contribution in [0.15, 0.2) is 40.5 Å². The Kier molecular flexibility index (Phi) is 4.56. The van der Waals surface area contributed by atoms with Crippen LogP contribution in [0.4, 0.5) is 11.4 Å². The Morgan fingerprint density at radius 3 is 2.67 bits per heavy atom. The zero-order valence-corrected chi connectivity index (χ0v) is 15.8. The first-order valence-corrected chi connectivity index (χ1v) is 8.45. The minimum atomic E-state index is -0.0684. The van der Waals surface area contributed by atoms with Gasteiger partial charge in [0.2, 0.25) is 5.78 Å². The Balaban J connectivity index is 2.00. The van der Waals surface area contributed by atoms with Gasteiger partial charge < -0.3 is 15.0 Å². The maximum Gasteiger partial charge on any atom is 0.211 e. The SMILES string of the molecule is COc1cc(N(C)C)ccc1C=C1Nc2cc(Cl)c(Br)cc2C1=O. The number of nitrogens with zero attached hydrogens (tertiary/aromatic N) is 1. The van der Waals surface area contributed by atoms with Crippen molar-refractivity contribution in [2.45, 2.75) is 0 Å². The fourth-order valence-electron chi connectivity index (χ4n) is 2.54. The molecule has 1 heterocycles. The molecule has 2 aromatic rings. The molecule has 1 aliphatic heterocycles. The van der Waals surface area contributed by atoms with Gasteiger partial charge in [-0.05, 0) is 46.3 Å². The number of fused-ring (bicyclic) bond motifs is 1. The molecule has 6 heteroatoms. The number of benzene rings is 2. The summed E-state index contributed by atoms with van der Waals surface area (Å²) in [6.45, 7) is 0. The Morgan fingerprint density at radius 2 is 2.00 bits per heavy atom. The van der Waals surface area contributed by atoms with Crippen LogP contribution in [-0.2, 0) is 0 Å². The molecule has 124 valence electrons. The van der Waals surface area contributed by atoms with E-state index in [4.69, 9.17) is 16.3 Å². The molecule has 24 heavy (non-hydrogen) atoms. The first kappa shape index (κ1) is 16.9. The number of allylic oxidation sites excluding steroid dienone is 1. The summed E-state index contributed by atoms with van der Waals surface area (Å²) < 4.78 is 6.16. The van der Waals surface area contributed by atoms with Gasteiger partial charge in [-0.2, -0.15) is 0 Å². The van der Waals surface area contributed by atoms with Crippen molar-refractivity contribution in [1.82, 2.24) is 0 Å². The van der Waals surface area contributed by atoms with Crippen molar-refractivity contribution in [3.63, 3.8) is 0 Å². The maximum atomic E-state index is 12.6. The molecule has 0 radical (unpaired) electrons. The summed E-state index contributed by atoms with van der Waals surface area (Å²) in [4.78, 5) is 14.6. The molecule has 0 unspecified atom stereocenters. The van der Waals surface area contributed by atoms with E-state index in [1.54, 1.807) is 25.3 Å². The number of carbonyl (C=O) groups is 1. The van der Waals surface area contributed by atoms with Gasteiger partial charge in [-0.15, -0.1) is 0 Å². The lowest BCUT2D eigenvalue weighted by molar-refractivity contribution is 0.104. The van der Waals surface area contributed by atoms with E-state index in [2.05, 4.69) is 21.2 Å². The zero-order chi connectivity index (χ0) is 17.4. The second kappa shape index (κ2) is 6.49. The van der Waals surface area contributed by atoms with Gasteiger partial charge in [0.25, 0.3) is 0 Å². The third kappa shape index (κ3) is 3.01. The average Bonchev–Trinajstić information content (AvgIpc) is 2.84. The van der Waals surface area contributed by atoms with E-state index in [0.717, 1.165) is 11.3 Å². The van der Waals surface area contributed by atoms with E-state index >= 15 is 0 Å². The number of nitrogens with one attached hydrogen (secondary N) is 1. The minimum Gasteiger partial charge on any atom is -0.496 e. The molecule has 0 amide bonds. The highest BCUT2D eigenvalue weighted by Gasteiger charge is 2.26. The smallest absolute Gasteiger partial charge is 0.211 e. The monoisotopic (exact) mass is 406 g/mol. The number of ketones is 1. The molecule has 0 saturated carbocycles. The fourth-order valence-corrected chi connectivity index (χ4v) is 3.05. The van der Waals surface area contributed by atoms with Crippen molar-refractivity contribution >= 4 is 50.8 Å². The Morgan fingerprint density at radius 1 is 1.25 bits per heavy atom. The standard InChI is InChI=1S/C18H16BrClN2O2/c1-22(2)11-5-4-10(17(7-11)24-3)6-16-18(23)12-8-13(19)14(20)9-15(12)21-16/h4-9,21H,1-3H3. The van der Waals surface area contributed by atoms with Crippen molar-refractivity contribution < 1.29 is 9.53 Å². The van der Waals surface area contributed by atoms with Gasteiger partial charge in [0.1, 0.15) is 5.75 Å². The van der Waals surface area contributed by atoms with E-state index in [1.807, 2.05) is 37.2 Å². The van der Waals surface area contributed by atoms with Crippen LogP contribution in [0.25, 0.3) is 6.08 Å². The minimum absolute atomic E-state index is 0.0684. The summed E-state index contributed by atoms with van der Waals surface area (Å²) in [5.74, 6) is 0.638. The van der Waals surface area contributed by atoms with Crippen molar-refractivity contribution in [2.24, 2.45) is 0 Å². The number of ether oxygens (including phenoxy) is 1. The van der Waals surface area contributed by atoms with Gasteiger partial charge in [-0.3, -0.25) is 4.79 Å². The number of rotatable bonds is 3. The fraction of sp³-hybridized carbons (Fsp3) is 0.167. The predicted molar refractivity (Wildman–Crippen MR) is 102 cm³/mol. The summed E-state index contributed by atoms with van der Waals surface area (Å²) in [6.07, 6.45) is 1.79. The van der Waals surface area contributed by atoms with E-state index in [9.17, 15) is 4.79 Å². The summed E-state index contributed by atoms with van der Waals surface area (Å²) in [7, 11) is 5.55. The molecule has 2 aromatic carbocycles. The van der Waals surface area contributed by atoms with Crippen molar-refractivity contribution in [3.05, 3.63) is 56.7 Å². The quantitative estimate of drug-likeness (QED) is 0.740. The van der Waals surface area contributed by atoms with E-state index < -0.39 is 0 Å². The first-order chi connectivity index (χ1) is 11.4. The van der Waals surface area contributed by atoms with Crippen molar-refractivity contribution in [2.75, 3.05) is 31.4 Å². The van der Waals surface area contributed by atoms with E-state index in [0.29, 0.717) is 32.2 Å². The molecular weight excluding hydrogens is 392 g/mol. The molecule has 0 spiro atoms. The summed E-state index contributed by atoms with van der Waals surface area (Å²) in [5.41, 5.74) is 3.66. The Hall–Kier alpha value is -1.98. The Bertz CT molecular complexity index is 862. The molecule has 0 bridgehead atoms. The molecule has 1 N–H and O–H groups in total. The molecule has 1 aliphatic rings. The summed E-state index contributed by atoms with van der Waals surface area (Å²) in [5, 5.41) is 3.69. The number of methoxy groups -OCH3 is 1. The lowest BCUT2D eigenvalue weighted by Gasteiger charge is -2.15. The summed E-state index contributed by atoms with van der Waals surface area (Å²) >= 11 is 9.45. The number of hydrogen-bond acceptors (Lipinski definition) is 4. The van der Waals surface area contributed by atoms with Gasteiger partial charge in [0.15, 0.2) is 0 Å². The van der Waals surface area contributed by atoms with E-state index in [1.165, 1.54) is 0 Å². The normalized spacial score (nSPS) is 14.5. The Labute approximate surface area is 154 Å². The molecule has 3 rings (SSSR count). The molecule has 4 nitrogen and oxygen atoms in total. The second-order valence-electron chi connectivity index (χ2n) is 5.64. The lowest BCUT2D eigenvalue weighted by atomic mass is 10.1. The van der Waals surface area contributed by atoms with Crippen LogP contribution in [0.1, 0.15) is 15.9 Å². The van der Waals surface area contributed by atoms with Crippen LogP contribution >= 0.6 is 27.5 Å². The van der Waals surface area contributed by atoms with Crippen molar-refractivity contribution in [3.8, 4) is 5.75 Å². The van der Waals surface area contributed by atoms with Crippen LogP contribution < -0.4 is 15.0 Å². The number of hydrogen-bond donors (Lipinski definition) is 1. The molecular formula is C18H16BrClN2O2. The van der Waals surface area contributed by atoms with Crippen LogP contribution in [0, 0.1) is 0 Å². The number of carbonyl (C=O) groups excluding carboxylic acids is 1. The third-order valence-electron chi connectivity index (χ3n) is 3.85. The van der Waals surface area contributed by atoms with Gasteiger partial charge >= 0.3 is 0 Å². The maximum absolute atomic E-state index is 12.6. The molecule has 0 aromatic heterocycles. The van der Waals surface area contributed by atoms with Crippen molar-refractivity contribution in [1.29, 1.82) is 0 Å². The topological polar surface area (TPSA) is 41.6 Å². The first-order valence-electron chi connectivity index (χ1n) is 7.28. The van der Waals surface area contributed by atoms with Gasteiger partial charge in [-0.25, -0.2) is 0 Å². The van der Waals surface area contributed by atoms with Crippen LogP contribution in [0.3, 0.4) is 0 Å². The van der Waals surface area contributed by atoms with Crippen LogP contribution in [0.5, 0.6) is 5.75 Å². The number of Topliss-reactive ketones (excluding diaryl/α,β-unsaturated/α-hetero) is 1. The van der Waals surface area contributed by atoms with Gasteiger partial charge in [0.05, 0.1) is 23.5 Å². The van der Waals surface area contributed by atoms with Gasteiger partial charge in [-0.1, -0.05) is 11.6 Å². The zero-order valence-electron chi connectivity index (χ0n) is 13.5. The number of halogens is 2. The highest BCUT2D eigenvalue weighted by Crippen LogP contribution is 2.36. The lowest BCUT2D eigenvalue weighted by Crippen LogP contribution is -2.08. The van der Waals surface area contributed by atoms with E-state index in [-0.39, 0.29) is 5.78 Å². The predicted octanol–water partition coefficient (Wildman–Crippen LogP) is 4.83. The highest BCUT2D eigenvalue weighted by molar-refractivity contribution is 9.10. The van der Waals surface area contributed by atoms with Crippen LogP contribution in [-0.4, -0.2) is 27.0 Å². The molecule has 0 atom stereocenters.